The highest BCUT2D eigenvalue weighted by molar-refractivity contribution is 5.30. The SMILES string of the molecule is CC1=CN(C)C2C=CC=CC12. The van der Waals surface area contributed by atoms with Gasteiger partial charge in [-0.25, -0.2) is 0 Å². The first-order chi connectivity index (χ1) is 5.29. The van der Waals surface area contributed by atoms with E-state index in [0.717, 1.165) is 0 Å². The van der Waals surface area contributed by atoms with Crippen LogP contribution < -0.4 is 0 Å². The maximum absolute atomic E-state index is 2.28. The van der Waals surface area contributed by atoms with Crippen molar-refractivity contribution in [1.29, 1.82) is 0 Å². The quantitative estimate of drug-likeness (QED) is 0.506. The van der Waals surface area contributed by atoms with Gasteiger partial charge >= 0.3 is 0 Å². The van der Waals surface area contributed by atoms with Gasteiger partial charge in [-0.15, -0.1) is 0 Å². The number of fused-ring (bicyclic) bond motifs is 1. The lowest BCUT2D eigenvalue weighted by Crippen LogP contribution is -2.27. The van der Waals surface area contributed by atoms with E-state index in [1.54, 1.807) is 0 Å². The fourth-order valence-electron chi connectivity index (χ4n) is 1.90. The number of allylic oxidation sites excluding steroid dienone is 2. The Labute approximate surface area is 67.7 Å². The first kappa shape index (κ1) is 6.71. The van der Waals surface area contributed by atoms with Crippen LogP contribution in [0.5, 0.6) is 0 Å². The lowest BCUT2D eigenvalue weighted by Gasteiger charge is -2.23. The van der Waals surface area contributed by atoms with Gasteiger partial charge in [0.25, 0.3) is 0 Å². The third kappa shape index (κ3) is 0.917. The smallest absolute Gasteiger partial charge is 0.0568 e. The van der Waals surface area contributed by atoms with Gasteiger partial charge in [0.05, 0.1) is 6.04 Å². The summed E-state index contributed by atoms with van der Waals surface area (Å²) >= 11 is 0. The van der Waals surface area contributed by atoms with Crippen LogP contribution in [0.3, 0.4) is 0 Å². The first-order valence-corrected chi connectivity index (χ1v) is 4.04. The number of rotatable bonds is 0. The monoisotopic (exact) mass is 147 g/mol. The van der Waals surface area contributed by atoms with Crippen molar-refractivity contribution in [3.63, 3.8) is 0 Å². The number of hydrogen-bond acceptors (Lipinski definition) is 1. The maximum Gasteiger partial charge on any atom is 0.0568 e. The minimum Gasteiger partial charge on any atom is -0.373 e. The minimum atomic E-state index is 0.583. The summed E-state index contributed by atoms with van der Waals surface area (Å²) in [6, 6.07) is 0.583. The summed E-state index contributed by atoms with van der Waals surface area (Å²) in [5.41, 5.74) is 1.47. The minimum absolute atomic E-state index is 0.583. The molecule has 0 fully saturated rings. The van der Waals surface area contributed by atoms with Crippen LogP contribution in [0.2, 0.25) is 0 Å². The standard InChI is InChI=1S/C10H13N/c1-8-7-11(2)10-6-4-3-5-9(8)10/h3-7,9-10H,1-2H3. The normalized spacial score (nSPS) is 34.0. The predicted molar refractivity (Wildman–Crippen MR) is 47.1 cm³/mol. The van der Waals surface area contributed by atoms with Crippen molar-refractivity contribution in [2.45, 2.75) is 13.0 Å². The predicted octanol–water partition coefficient (Wildman–Crippen LogP) is 1.95. The number of hydrogen-bond donors (Lipinski definition) is 0. The molecule has 1 nitrogen and oxygen atoms in total. The van der Waals surface area contributed by atoms with Gasteiger partial charge in [-0.2, -0.15) is 0 Å². The zero-order chi connectivity index (χ0) is 7.84. The van der Waals surface area contributed by atoms with Gasteiger partial charge in [-0.3, -0.25) is 0 Å². The highest BCUT2D eigenvalue weighted by atomic mass is 15.1. The molecule has 0 saturated heterocycles. The Balaban J connectivity index is 2.31. The van der Waals surface area contributed by atoms with E-state index in [1.165, 1.54) is 5.57 Å². The second kappa shape index (κ2) is 2.26. The molecule has 0 amide bonds. The highest BCUT2D eigenvalue weighted by Crippen LogP contribution is 2.30. The van der Waals surface area contributed by atoms with Crippen molar-refractivity contribution >= 4 is 0 Å². The van der Waals surface area contributed by atoms with Crippen molar-refractivity contribution in [3.05, 3.63) is 36.1 Å². The average molecular weight is 147 g/mol. The van der Waals surface area contributed by atoms with Gasteiger partial charge in [-0.05, 0) is 18.7 Å². The van der Waals surface area contributed by atoms with E-state index in [1.807, 2.05) is 0 Å². The van der Waals surface area contributed by atoms with Gasteiger partial charge in [0.1, 0.15) is 0 Å². The fraction of sp³-hybridized carbons (Fsp3) is 0.400. The Morgan fingerprint density at radius 2 is 2.00 bits per heavy atom. The molecule has 2 rings (SSSR count). The third-order valence-electron chi connectivity index (χ3n) is 2.51. The van der Waals surface area contributed by atoms with Crippen LogP contribution in [0.25, 0.3) is 0 Å². The summed E-state index contributed by atoms with van der Waals surface area (Å²) in [7, 11) is 2.14. The van der Waals surface area contributed by atoms with Crippen molar-refractivity contribution in [2.24, 2.45) is 5.92 Å². The van der Waals surface area contributed by atoms with Crippen molar-refractivity contribution in [2.75, 3.05) is 7.05 Å². The molecule has 2 atom stereocenters. The third-order valence-corrected chi connectivity index (χ3v) is 2.51. The van der Waals surface area contributed by atoms with E-state index >= 15 is 0 Å². The van der Waals surface area contributed by atoms with Crippen LogP contribution in [0.15, 0.2) is 36.1 Å². The van der Waals surface area contributed by atoms with E-state index in [2.05, 4.69) is 49.4 Å². The molecule has 0 aromatic carbocycles. The summed E-state index contributed by atoms with van der Waals surface area (Å²) < 4.78 is 0. The molecule has 11 heavy (non-hydrogen) atoms. The topological polar surface area (TPSA) is 3.24 Å². The molecular formula is C10H13N. The highest BCUT2D eigenvalue weighted by Gasteiger charge is 2.27. The summed E-state index contributed by atoms with van der Waals surface area (Å²) in [5.74, 6) is 0.630. The van der Waals surface area contributed by atoms with Crippen LogP contribution in [0.1, 0.15) is 6.92 Å². The van der Waals surface area contributed by atoms with Gasteiger partial charge in [-0.1, -0.05) is 24.3 Å². The molecule has 0 N–H and O–H groups in total. The molecule has 0 aromatic rings. The van der Waals surface area contributed by atoms with E-state index in [0.29, 0.717) is 12.0 Å². The van der Waals surface area contributed by atoms with Crippen molar-refractivity contribution < 1.29 is 0 Å². The molecule has 0 spiro atoms. The molecule has 0 saturated carbocycles. The second-order valence-corrected chi connectivity index (χ2v) is 3.32. The number of nitrogens with zero attached hydrogens (tertiary/aromatic N) is 1. The fourth-order valence-corrected chi connectivity index (χ4v) is 1.90. The molecular weight excluding hydrogens is 134 g/mol. The summed E-state index contributed by atoms with van der Waals surface area (Å²) in [4.78, 5) is 2.28. The second-order valence-electron chi connectivity index (χ2n) is 3.32. The van der Waals surface area contributed by atoms with Crippen LogP contribution in [-0.4, -0.2) is 18.0 Å². The molecule has 2 aliphatic rings. The molecule has 1 heterocycles. The largest absolute Gasteiger partial charge is 0.373 e. The Bertz CT molecular complexity index is 248. The number of likely N-dealkylation sites (N-methyl/N-ethyl adjacent to an activating group) is 1. The molecule has 0 radical (unpaired) electrons. The lowest BCUT2D eigenvalue weighted by molar-refractivity contribution is 0.378. The summed E-state index contributed by atoms with van der Waals surface area (Å²) in [6.45, 7) is 2.20. The van der Waals surface area contributed by atoms with Gasteiger partial charge < -0.3 is 4.90 Å². The van der Waals surface area contributed by atoms with Gasteiger partial charge in [0.15, 0.2) is 0 Å². The zero-order valence-corrected chi connectivity index (χ0v) is 6.99. The lowest BCUT2D eigenvalue weighted by atomic mass is 9.92. The van der Waals surface area contributed by atoms with Crippen LogP contribution in [-0.2, 0) is 0 Å². The molecule has 0 aromatic heterocycles. The zero-order valence-electron chi connectivity index (χ0n) is 6.99. The van der Waals surface area contributed by atoms with Crippen LogP contribution in [0.4, 0.5) is 0 Å². The Hall–Kier alpha value is -0.980. The Morgan fingerprint density at radius 3 is 2.73 bits per heavy atom. The van der Waals surface area contributed by atoms with Crippen molar-refractivity contribution in [1.82, 2.24) is 4.90 Å². The first-order valence-electron chi connectivity index (χ1n) is 4.04. The van der Waals surface area contributed by atoms with Crippen molar-refractivity contribution in [3.8, 4) is 0 Å². The maximum atomic E-state index is 2.28. The van der Waals surface area contributed by atoms with E-state index in [4.69, 9.17) is 0 Å². The Morgan fingerprint density at radius 1 is 1.27 bits per heavy atom. The molecule has 0 bridgehead atoms. The van der Waals surface area contributed by atoms with Crippen LogP contribution in [0, 0.1) is 5.92 Å². The Kier molecular flexibility index (Phi) is 1.38. The molecule has 58 valence electrons. The van der Waals surface area contributed by atoms with E-state index in [-0.39, 0.29) is 0 Å². The van der Waals surface area contributed by atoms with E-state index < -0.39 is 0 Å². The molecule has 2 unspecified atom stereocenters. The van der Waals surface area contributed by atoms with E-state index in [9.17, 15) is 0 Å². The van der Waals surface area contributed by atoms with Crippen LogP contribution >= 0.6 is 0 Å². The molecule has 1 aliphatic heterocycles. The van der Waals surface area contributed by atoms with Gasteiger partial charge in [0, 0.05) is 13.0 Å². The van der Waals surface area contributed by atoms with Gasteiger partial charge in [0.2, 0.25) is 0 Å². The average Bonchev–Trinajstić information content (AvgIpc) is 2.30. The summed E-state index contributed by atoms with van der Waals surface area (Å²) in [5, 5.41) is 0. The molecule has 1 heteroatoms. The molecule has 1 aliphatic carbocycles. The summed E-state index contributed by atoms with van der Waals surface area (Å²) in [6.07, 6.45) is 11.0.